The first kappa shape index (κ1) is 12.4. The third kappa shape index (κ3) is 2.45. The molecule has 0 saturated heterocycles. The highest BCUT2D eigenvalue weighted by Gasteiger charge is 2.43. The Morgan fingerprint density at radius 2 is 2.00 bits per heavy atom. The third-order valence-electron chi connectivity index (χ3n) is 5.14. The number of hydrogen-bond donors (Lipinski definition) is 1. The van der Waals surface area contributed by atoms with Crippen LogP contribution < -0.4 is 5.32 Å². The molecule has 0 aromatic heterocycles. The molecule has 2 bridgehead atoms. The summed E-state index contributed by atoms with van der Waals surface area (Å²) in [6.07, 6.45) is 8.73. The van der Waals surface area contributed by atoms with E-state index in [0.29, 0.717) is 0 Å². The van der Waals surface area contributed by atoms with Crippen molar-refractivity contribution in [3.8, 4) is 0 Å². The summed E-state index contributed by atoms with van der Waals surface area (Å²) in [6, 6.07) is 0.806. The molecule has 2 fully saturated rings. The zero-order valence-corrected chi connectivity index (χ0v) is 11.3. The Morgan fingerprint density at radius 3 is 2.50 bits per heavy atom. The van der Waals surface area contributed by atoms with Crippen LogP contribution in [0.2, 0.25) is 0 Å². The molecule has 0 spiro atoms. The Hall–Kier alpha value is -0.0400. The molecule has 0 radical (unpaired) electrons. The Balaban J connectivity index is 1.95. The SMILES string of the molecule is CCCNC(C(C)CC)C1CC2CCC1C2. The topological polar surface area (TPSA) is 12.0 Å². The van der Waals surface area contributed by atoms with Crippen LogP contribution in [-0.2, 0) is 0 Å². The molecule has 2 aliphatic carbocycles. The lowest BCUT2D eigenvalue weighted by atomic mass is 9.78. The van der Waals surface area contributed by atoms with E-state index in [9.17, 15) is 0 Å². The van der Waals surface area contributed by atoms with Gasteiger partial charge in [-0.2, -0.15) is 0 Å². The fourth-order valence-electron chi connectivity index (χ4n) is 4.07. The normalized spacial score (nSPS) is 36.6. The van der Waals surface area contributed by atoms with Gasteiger partial charge in [-0.15, -0.1) is 0 Å². The summed E-state index contributed by atoms with van der Waals surface area (Å²) in [6.45, 7) is 8.28. The van der Waals surface area contributed by atoms with Crippen LogP contribution in [0.3, 0.4) is 0 Å². The molecule has 0 heterocycles. The Bertz CT molecular complexity index is 213. The summed E-state index contributed by atoms with van der Waals surface area (Å²) >= 11 is 0. The maximum atomic E-state index is 3.85. The molecule has 5 atom stereocenters. The van der Waals surface area contributed by atoms with E-state index in [2.05, 4.69) is 26.1 Å². The Kier molecular flexibility index (Phi) is 4.29. The van der Waals surface area contributed by atoms with Crippen molar-refractivity contribution in [2.45, 2.75) is 65.3 Å². The Labute approximate surface area is 101 Å². The van der Waals surface area contributed by atoms with Crippen LogP contribution in [0.15, 0.2) is 0 Å². The smallest absolute Gasteiger partial charge is 0.0124 e. The number of hydrogen-bond acceptors (Lipinski definition) is 1. The van der Waals surface area contributed by atoms with Gasteiger partial charge in [0.25, 0.3) is 0 Å². The van der Waals surface area contributed by atoms with Crippen molar-refractivity contribution in [2.24, 2.45) is 23.7 Å². The van der Waals surface area contributed by atoms with Crippen molar-refractivity contribution in [3.05, 3.63) is 0 Å². The minimum absolute atomic E-state index is 0.806. The third-order valence-corrected chi connectivity index (χ3v) is 5.14. The van der Waals surface area contributed by atoms with E-state index in [-0.39, 0.29) is 0 Å². The average Bonchev–Trinajstić information content (AvgIpc) is 2.91. The second-order valence-electron chi connectivity index (χ2n) is 6.20. The quantitative estimate of drug-likeness (QED) is 0.721. The molecule has 1 heteroatoms. The second-order valence-corrected chi connectivity index (χ2v) is 6.20. The van der Waals surface area contributed by atoms with Crippen molar-refractivity contribution in [1.82, 2.24) is 5.32 Å². The van der Waals surface area contributed by atoms with Gasteiger partial charge in [-0.25, -0.2) is 0 Å². The van der Waals surface area contributed by atoms with Crippen LogP contribution in [0, 0.1) is 23.7 Å². The van der Waals surface area contributed by atoms with Crippen molar-refractivity contribution in [1.29, 1.82) is 0 Å². The first-order chi connectivity index (χ1) is 7.76. The van der Waals surface area contributed by atoms with Gasteiger partial charge in [0.2, 0.25) is 0 Å². The van der Waals surface area contributed by atoms with Gasteiger partial charge < -0.3 is 5.32 Å². The summed E-state index contributed by atoms with van der Waals surface area (Å²) in [5.74, 6) is 4.01. The number of rotatable bonds is 6. The largest absolute Gasteiger partial charge is 0.313 e. The molecule has 16 heavy (non-hydrogen) atoms. The van der Waals surface area contributed by atoms with Crippen molar-refractivity contribution >= 4 is 0 Å². The lowest BCUT2D eigenvalue weighted by Crippen LogP contribution is -2.43. The molecular formula is C15H29N. The number of fused-ring (bicyclic) bond motifs is 2. The van der Waals surface area contributed by atoms with Gasteiger partial charge >= 0.3 is 0 Å². The molecule has 5 unspecified atom stereocenters. The zero-order chi connectivity index (χ0) is 11.5. The molecular weight excluding hydrogens is 194 g/mol. The summed E-state index contributed by atoms with van der Waals surface area (Å²) < 4.78 is 0. The molecule has 0 aliphatic heterocycles. The standard InChI is InChI=1S/C15H29N/c1-4-8-16-15(11(3)5-2)14-10-12-6-7-13(14)9-12/h11-16H,4-10H2,1-3H3. The summed E-state index contributed by atoms with van der Waals surface area (Å²) in [5, 5.41) is 3.85. The molecule has 0 amide bonds. The van der Waals surface area contributed by atoms with Gasteiger partial charge in [0, 0.05) is 6.04 Å². The van der Waals surface area contributed by atoms with Gasteiger partial charge in [-0.1, -0.05) is 33.6 Å². The van der Waals surface area contributed by atoms with E-state index in [4.69, 9.17) is 0 Å². The Morgan fingerprint density at radius 1 is 1.19 bits per heavy atom. The molecule has 2 rings (SSSR count). The highest BCUT2D eigenvalue weighted by atomic mass is 14.9. The van der Waals surface area contributed by atoms with E-state index in [1.54, 1.807) is 6.42 Å². The average molecular weight is 223 g/mol. The van der Waals surface area contributed by atoms with Gasteiger partial charge in [-0.3, -0.25) is 0 Å². The fourth-order valence-corrected chi connectivity index (χ4v) is 4.07. The molecule has 0 aromatic carbocycles. The fraction of sp³-hybridized carbons (Fsp3) is 1.00. The van der Waals surface area contributed by atoms with E-state index in [1.807, 2.05) is 0 Å². The maximum absolute atomic E-state index is 3.85. The van der Waals surface area contributed by atoms with Crippen LogP contribution in [0.25, 0.3) is 0 Å². The minimum atomic E-state index is 0.806. The lowest BCUT2D eigenvalue weighted by molar-refractivity contribution is 0.195. The highest BCUT2D eigenvalue weighted by molar-refractivity contribution is 4.96. The summed E-state index contributed by atoms with van der Waals surface area (Å²) in [5.41, 5.74) is 0. The second kappa shape index (κ2) is 5.53. The first-order valence-corrected chi connectivity index (χ1v) is 7.49. The summed E-state index contributed by atoms with van der Waals surface area (Å²) in [7, 11) is 0. The molecule has 94 valence electrons. The zero-order valence-electron chi connectivity index (χ0n) is 11.3. The molecule has 1 nitrogen and oxygen atoms in total. The van der Waals surface area contributed by atoms with Crippen molar-refractivity contribution < 1.29 is 0 Å². The van der Waals surface area contributed by atoms with Crippen molar-refractivity contribution in [3.63, 3.8) is 0 Å². The number of nitrogens with one attached hydrogen (secondary N) is 1. The first-order valence-electron chi connectivity index (χ1n) is 7.49. The molecule has 2 saturated carbocycles. The van der Waals surface area contributed by atoms with Gasteiger partial charge in [0.05, 0.1) is 0 Å². The predicted octanol–water partition coefficient (Wildman–Crippen LogP) is 3.84. The van der Waals surface area contributed by atoms with Gasteiger partial charge in [0.15, 0.2) is 0 Å². The van der Waals surface area contributed by atoms with Crippen LogP contribution >= 0.6 is 0 Å². The van der Waals surface area contributed by atoms with Gasteiger partial charge in [-0.05, 0) is 55.9 Å². The molecule has 1 N–H and O–H groups in total. The van der Waals surface area contributed by atoms with Crippen LogP contribution in [0.1, 0.15) is 59.3 Å². The lowest BCUT2D eigenvalue weighted by Gasteiger charge is -2.35. The maximum Gasteiger partial charge on any atom is 0.0124 e. The van der Waals surface area contributed by atoms with Gasteiger partial charge in [0.1, 0.15) is 0 Å². The minimum Gasteiger partial charge on any atom is -0.313 e. The summed E-state index contributed by atoms with van der Waals surface area (Å²) in [4.78, 5) is 0. The van der Waals surface area contributed by atoms with E-state index < -0.39 is 0 Å². The van der Waals surface area contributed by atoms with Crippen LogP contribution in [0.5, 0.6) is 0 Å². The predicted molar refractivity (Wildman–Crippen MR) is 70.5 cm³/mol. The van der Waals surface area contributed by atoms with Crippen LogP contribution in [-0.4, -0.2) is 12.6 Å². The molecule has 0 aromatic rings. The van der Waals surface area contributed by atoms with E-state index in [0.717, 1.165) is 29.7 Å². The molecule has 2 aliphatic rings. The highest BCUT2D eigenvalue weighted by Crippen LogP contribution is 2.50. The van der Waals surface area contributed by atoms with Crippen molar-refractivity contribution in [2.75, 3.05) is 6.54 Å². The monoisotopic (exact) mass is 223 g/mol. The van der Waals surface area contributed by atoms with Crippen LogP contribution in [0.4, 0.5) is 0 Å². The van der Waals surface area contributed by atoms with E-state index >= 15 is 0 Å². The van der Waals surface area contributed by atoms with E-state index in [1.165, 1.54) is 38.6 Å².